The molecule has 2 atom stereocenters. The van der Waals surface area contributed by atoms with Crippen LogP contribution in [0.2, 0.25) is 0 Å². The molecule has 0 spiro atoms. The lowest BCUT2D eigenvalue weighted by atomic mass is 9.68. The Morgan fingerprint density at radius 1 is 1.38 bits per heavy atom. The van der Waals surface area contributed by atoms with Crippen LogP contribution in [0.15, 0.2) is 18.3 Å². The zero-order valence-corrected chi connectivity index (χ0v) is 9.47. The highest BCUT2D eigenvalue weighted by atomic mass is 16.5. The van der Waals surface area contributed by atoms with Crippen LogP contribution in [0.1, 0.15) is 6.42 Å². The Morgan fingerprint density at radius 2 is 2.12 bits per heavy atom. The van der Waals surface area contributed by atoms with Crippen LogP contribution < -0.4 is 10.6 Å². The zero-order chi connectivity index (χ0) is 11.1. The summed E-state index contributed by atoms with van der Waals surface area (Å²) in [6, 6.07) is 3.91. The fraction of sp³-hybridized carbons (Fsp3) is 0.583. The summed E-state index contributed by atoms with van der Waals surface area (Å²) in [4.78, 5) is 6.71. The molecule has 2 saturated heterocycles. The van der Waals surface area contributed by atoms with Gasteiger partial charge in [0.15, 0.2) is 0 Å². The monoisotopic (exact) mass is 219 g/mol. The van der Waals surface area contributed by atoms with E-state index in [1.54, 1.807) is 6.20 Å². The third kappa shape index (κ3) is 1.45. The van der Waals surface area contributed by atoms with Gasteiger partial charge in [-0.3, -0.25) is 0 Å². The standard InChI is InChI=1S/C12H17N3O/c1-16-12-8-4-9(12)7-15(6-8)11-3-2-10(13)5-14-11/h2-3,5,8-9,12H,4,6-7,13H2,1H3/t8-,9-/m0/s1. The van der Waals surface area contributed by atoms with E-state index >= 15 is 0 Å². The Balaban J connectivity index is 1.73. The molecule has 2 aliphatic heterocycles. The minimum Gasteiger partial charge on any atom is -0.397 e. The van der Waals surface area contributed by atoms with Gasteiger partial charge < -0.3 is 15.4 Å². The summed E-state index contributed by atoms with van der Waals surface area (Å²) < 4.78 is 5.49. The fourth-order valence-corrected chi connectivity index (χ4v) is 3.00. The minimum absolute atomic E-state index is 0.477. The number of hydrogen-bond donors (Lipinski definition) is 1. The largest absolute Gasteiger partial charge is 0.397 e. The van der Waals surface area contributed by atoms with E-state index in [-0.39, 0.29) is 0 Å². The van der Waals surface area contributed by atoms with Crippen LogP contribution in [0.3, 0.4) is 0 Å². The molecule has 4 nitrogen and oxygen atoms in total. The summed E-state index contributed by atoms with van der Waals surface area (Å²) in [5.74, 6) is 2.41. The van der Waals surface area contributed by atoms with Crippen molar-refractivity contribution < 1.29 is 4.74 Å². The van der Waals surface area contributed by atoms with E-state index in [1.165, 1.54) is 6.42 Å². The number of nitrogens with zero attached hydrogens (tertiary/aromatic N) is 2. The Morgan fingerprint density at radius 3 is 2.69 bits per heavy atom. The fourth-order valence-electron chi connectivity index (χ4n) is 3.00. The van der Waals surface area contributed by atoms with Crippen LogP contribution in [0.5, 0.6) is 0 Å². The maximum absolute atomic E-state index is 5.63. The Hall–Kier alpha value is -1.29. The summed E-state index contributed by atoms with van der Waals surface area (Å²) in [5, 5.41) is 0. The van der Waals surface area contributed by atoms with Crippen LogP contribution in [-0.2, 0) is 4.74 Å². The van der Waals surface area contributed by atoms with Crippen LogP contribution in [0, 0.1) is 11.8 Å². The van der Waals surface area contributed by atoms with Crippen molar-refractivity contribution in [3.8, 4) is 0 Å². The maximum atomic E-state index is 5.63. The smallest absolute Gasteiger partial charge is 0.128 e. The highest BCUT2D eigenvalue weighted by Crippen LogP contribution is 2.42. The molecule has 0 aromatic carbocycles. The number of nitrogens with two attached hydrogens (primary N) is 1. The van der Waals surface area contributed by atoms with E-state index in [4.69, 9.17) is 10.5 Å². The van der Waals surface area contributed by atoms with Gasteiger partial charge in [-0.25, -0.2) is 4.98 Å². The summed E-state index contributed by atoms with van der Waals surface area (Å²) in [7, 11) is 1.82. The van der Waals surface area contributed by atoms with Gasteiger partial charge in [0.05, 0.1) is 18.0 Å². The van der Waals surface area contributed by atoms with Gasteiger partial charge in [0.1, 0.15) is 5.82 Å². The van der Waals surface area contributed by atoms with Crippen LogP contribution in [0.25, 0.3) is 0 Å². The van der Waals surface area contributed by atoms with Crippen molar-refractivity contribution in [3.05, 3.63) is 18.3 Å². The van der Waals surface area contributed by atoms with Gasteiger partial charge in [0.2, 0.25) is 0 Å². The lowest BCUT2D eigenvalue weighted by Gasteiger charge is -2.53. The number of pyridine rings is 1. The van der Waals surface area contributed by atoms with Crippen molar-refractivity contribution in [3.63, 3.8) is 0 Å². The molecular formula is C12H17N3O. The molecule has 4 heteroatoms. The predicted molar refractivity (Wildman–Crippen MR) is 63.3 cm³/mol. The van der Waals surface area contributed by atoms with Gasteiger partial charge in [-0.2, -0.15) is 0 Å². The Kier molecular flexibility index (Phi) is 2.24. The summed E-state index contributed by atoms with van der Waals surface area (Å²) in [6.07, 6.45) is 3.51. The van der Waals surface area contributed by atoms with Crippen LogP contribution in [0.4, 0.5) is 11.5 Å². The van der Waals surface area contributed by atoms with Crippen molar-refractivity contribution in [2.45, 2.75) is 12.5 Å². The number of aromatic nitrogens is 1. The van der Waals surface area contributed by atoms with Gasteiger partial charge in [-0.15, -0.1) is 0 Å². The van der Waals surface area contributed by atoms with E-state index in [2.05, 4.69) is 9.88 Å². The van der Waals surface area contributed by atoms with E-state index in [0.29, 0.717) is 17.9 Å². The molecule has 0 radical (unpaired) electrons. The van der Waals surface area contributed by atoms with Gasteiger partial charge in [-0.05, 0) is 18.6 Å². The normalized spacial score (nSPS) is 32.3. The van der Waals surface area contributed by atoms with E-state index in [1.807, 2.05) is 19.2 Å². The van der Waals surface area contributed by atoms with Crippen molar-refractivity contribution in [2.24, 2.45) is 11.8 Å². The number of fused-ring (bicyclic) bond motifs is 2. The first-order chi connectivity index (χ1) is 7.78. The van der Waals surface area contributed by atoms with Gasteiger partial charge in [0, 0.05) is 32.0 Å². The second-order valence-corrected chi connectivity index (χ2v) is 4.81. The number of hydrogen-bond acceptors (Lipinski definition) is 4. The molecule has 1 saturated carbocycles. The minimum atomic E-state index is 0.477. The maximum Gasteiger partial charge on any atom is 0.128 e. The molecule has 3 heterocycles. The number of methoxy groups -OCH3 is 1. The highest BCUT2D eigenvalue weighted by Gasteiger charge is 2.47. The van der Waals surface area contributed by atoms with Crippen LogP contribution in [-0.4, -0.2) is 31.3 Å². The van der Waals surface area contributed by atoms with Crippen molar-refractivity contribution in [1.82, 2.24) is 4.98 Å². The first kappa shape index (κ1) is 9.90. The molecule has 2 N–H and O–H groups in total. The highest BCUT2D eigenvalue weighted by molar-refractivity contribution is 5.46. The Bertz CT molecular complexity index is 366. The molecule has 3 fully saturated rings. The molecule has 1 aromatic rings. The third-order valence-electron chi connectivity index (χ3n) is 3.81. The molecule has 86 valence electrons. The second kappa shape index (κ2) is 3.63. The molecule has 1 aliphatic carbocycles. The van der Waals surface area contributed by atoms with E-state index < -0.39 is 0 Å². The van der Waals surface area contributed by atoms with Gasteiger partial charge in [-0.1, -0.05) is 0 Å². The number of ether oxygens (including phenoxy) is 1. The Labute approximate surface area is 95.4 Å². The number of anilines is 2. The van der Waals surface area contributed by atoms with Crippen molar-refractivity contribution >= 4 is 11.5 Å². The SMILES string of the molecule is COC1[C@H]2C[C@H]1CN(c1ccc(N)cn1)C2. The lowest BCUT2D eigenvalue weighted by Crippen LogP contribution is -2.59. The number of rotatable bonds is 2. The molecular weight excluding hydrogens is 202 g/mol. The molecule has 0 amide bonds. The summed E-state index contributed by atoms with van der Waals surface area (Å²) in [6.45, 7) is 2.12. The topological polar surface area (TPSA) is 51.4 Å². The number of nitrogen functional groups attached to an aromatic ring is 1. The first-order valence-corrected chi connectivity index (χ1v) is 5.77. The van der Waals surface area contributed by atoms with Crippen molar-refractivity contribution in [1.29, 1.82) is 0 Å². The van der Waals surface area contributed by atoms with Crippen molar-refractivity contribution in [2.75, 3.05) is 30.8 Å². The summed E-state index contributed by atoms with van der Waals surface area (Å²) >= 11 is 0. The molecule has 16 heavy (non-hydrogen) atoms. The molecule has 4 rings (SSSR count). The number of piperidine rings is 2. The van der Waals surface area contributed by atoms with E-state index in [0.717, 1.165) is 24.6 Å². The second-order valence-electron chi connectivity index (χ2n) is 4.81. The predicted octanol–water partition coefficient (Wildman–Crippen LogP) is 1.13. The quantitative estimate of drug-likeness (QED) is 0.810. The van der Waals surface area contributed by atoms with Gasteiger partial charge >= 0.3 is 0 Å². The molecule has 1 aromatic heterocycles. The summed E-state index contributed by atoms with van der Waals surface area (Å²) in [5.41, 5.74) is 6.36. The lowest BCUT2D eigenvalue weighted by molar-refractivity contribution is -0.0816. The first-order valence-electron chi connectivity index (χ1n) is 5.77. The third-order valence-corrected chi connectivity index (χ3v) is 3.81. The van der Waals surface area contributed by atoms with E-state index in [9.17, 15) is 0 Å². The average Bonchev–Trinajstić information content (AvgIpc) is 2.30. The molecule has 2 bridgehead atoms. The molecule has 0 unspecified atom stereocenters. The average molecular weight is 219 g/mol. The molecule has 3 aliphatic rings. The zero-order valence-electron chi connectivity index (χ0n) is 9.47. The van der Waals surface area contributed by atoms with Crippen LogP contribution >= 0.6 is 0 Å². The van der Waals surface area contributed by atoms with Gasteiger partial charge in [0.25, 0.3) is 0 Å².